The normalized spacial score (nSPS) is 12.7. The number of amides is 1. The summed E-state index contributed by atoms with van der Waals surface area (Å²) in [6.45, 7) is 0. The Labute approximate surface area is 123 Å². The van der Waals surface area contributed by atoms with Crippen molar-refractivity contribution in [1.82, 2.24) is 0 Å². The lowest BCUT2D eigenvalue weighted by Crippen LogP contribution is -2.08. The van der Waals surface area contributed by atoms with Gasteiger partial charge in [0.1, 0.15) is 5.75 Å². The predicted octanol–water partition coefficient (Wildman–Crippen LogP) is 3.38. The van der Waals surface area contributed by atoms with Gasteiger partial charge in [-0.25, -0.2) is 0 Å². The zero-order chi connectivity index (χ0) is 13.6. The van der Waals surface area contributed by atoms with Gasteiger partial charge in [0.15, 0.2) is 0 Å². The summed E-state index contributed by atoms with van der Waals surface area (Å²) in [5.74, 6) is 0.488. The molecule has 1 aromatic carbocycles. The van der Waals surface area contributed by atoms with Crippen LogP contribution in [0.25, 0.3) is 10.4 Å². The van der Waals surface area contributed by atoms with Crippen molar-refractivity contribution in [2.45, 2.75) is 12.8 Å². The van der Waals surface area contributed by atoms with Crippen molar-refractivity contribution in [1.29, 1.82) is 0 Å². The van der Waals surface area contributed by atoms with Gasteiger partial charge in [-0.05, 0) is 63.7 Å². The van der Waals surface area contributed by atoms with Crippen LogP contribution in [0.15, 0.2) is 22.7 Å². The number of ether oxygens (including phenoxy) is 1. The third-order valence-corrected chi connectivity index (χ3v) is 5.46. The second kappa shape index (κ2) is 4.65. The van der Waals surface area contributed by atoms with Crippen LogP contribution < -0.4 is 10.5 Å². The van der Waals surface area contributed by atoms with Gasteiger partial charge in [-0.15, -0.1) is 11.3 Å². The molecule has 2 N–H and O–H groups in total. The fourth-order valence-corrected chi connectivity index (χ4v) is 4.26. The van der Waals surface area contributed by atoms with Crippen LogP contribution >= 0.6 is 27.3 Å². The van der Waals surface area contributed by atoms with Crippen molar-refractivity contribution >= 4 is 33.2 Å². The van der Waals surface area contributed by atoms with Crippen molar-refractivity contribution in [3.8, 4) is 16.2 Å². The molecule has 1 aliphatic rings. The summed E-state index contributed by atoms with van der Waals surface area (Å²) >= 11 is 5.07. The Kier molecular flexibility index (Phi) is 3.11. The molecule has 2 aromatic rings. The highest BCUT2D eigenvalue weighted by atomic mass is 79.9. The Balaban J connectivity index is 2.19. The number of primary amides is 1. The van der Waals surface area contributed by atoms with Gasteiger partial charge in [-0.3, -0.25) is 4.79 Å². The van der Waals surface area contributed by atoms with E-state index >= 15 is 0 Å². The Morgan fingerprint density at radius 3 is 2.89 bits per heavy atom. The maximum Gasteiger partial charge on any atom is 0.258 e. The zero-order valence-corrected chi connectivity index (χ0v) is 12.7. The fraction of sp³-hybridized carbons (Fsp3) is 0.214. The molecule has 0 radical (unpaired) electrons. The van der Waals surface area contributed by atoms with Crippen LogP contribution in [0.5, 0.6) is 5.75 Å². The number of fused-ring (bicyclic) bond motifs is 3. The van der Waals surface area contributed by atoms with Crippen molar-refractivity contribution in [2.75, 3.05) is 7.11 Å². The van der Waals surface area contributed by atoms with Crippen molar-refractivity contribution in [2.24, 2.45) is 5.73 Å². The highest BCUT2D eigenvalue weighted by molar-refractivity contribution is 9.10. The summed E-state index contributed by atoms with van der Waals surface area (Å²) in [5, 5.41) is 0. The number of methoxy groups -OCH3 is 1. The molecule has 0 unspecified atom stereocenters. The number of carbonyl (C=O) groups is 1. The molecule has 19 heavy (non-hydrogen) atoms. The topological polar surface area (TPSA) is 52.3 Å². The molecule has 3 rings (SSSR count). The van der Waals surface area contributed by atoms with Crippen LogP contribution in [-0.2, 0) is 12.8 Å². The molecular formula is C14H12BrNO2S. The van der Waals surface area contributed by atoms with Crippen LogP contribution in [0.2, 0.25) is 0 Å². The molecule has 98 valence electrons. The van der Waals surface area contributed by atoms with Gasteiger partial charge < -0.3 is 10.5 Å². The molecule has 0 saturated heterocycles. The van der Waals surface area contributed by atoms with E-state index in [4.69, 9.17) is 10.5 Å². The molecule has 0 spiro atoms. The van der Waals surface area contributed by atoms with Crippen molar-refractivity contribution < 1.29 is 9.53 Å². The molecule has 1 aromatic heterocycles. The Morgan fingerprint density at radius 1 is 1.42 bits per heavy atom. The van der Waals surface area contributed by atoms with E-state index in [1.807, 2.05) is 12.1 Å². The second-order valence-corrected chi connectivity index (χ2v) is 6.28. The standard InChI is InChI=1S/C14H12BrNO2S/c1-18-10-5-4-9-8(12(10)15)3-2-7-6-11(14(16)17)19-13(7)9/h4-6H,2-3H2,1H3,(H2,16,17). The molecule has 0 aliphatic heterocycles. The van der Waals surface area contributed by atoms with Crippen LogP contribution in [0, 0.1) is 0 Å². The molecule has 0 bridgehead atoms. The van der Waals surface area contributed by atoms with E-state index in [1.54, 1.807) is 7.11 Å². The van der Waals surface area contributed by atoms with E-state index in [0.29, 0.717) is 4.88 Å². The summed E-state index contributed by atoms with van der Waals surface area (Å²) in [6.07, 6.45) is 1.87. The monoisotopic (exact) mass is 337 g/mol. The maximum absolute atomic E-state index is 11.3. The van der Waals surface area contributed by atoms with Gasteiger partial charge in [0.05, 0.1) is 16.5 Å². The number of halogens is 1. The number of thiophene rings is 1. The van der Waals surface area contributed by atoms with Gasteiger partial charge in [0.25, 0.3) is 5.91 Å². The van der Waals surface area contributed by atoms with Crippen LogP contribution in [0.3, 0.4) is 0 Å². The number of hydrogen-bond acceptors (Lipinski definition) is 3. The zero-order valence-electron chi connectivity index (χ0n) is 10.3. The highest BCUT2D eigenvalue weighted by Crippen LogP contribution is 2.44. The van der Waals surface area contributed by atoms with Crippen molar-refractivity contribution in [3.63, 3.8) is 0 Å². The minimum Gasteiger partial charge on any atom is -0.496 e. The SMILES string of the molecule is COc1ccc2c(c1Br)CCc1cc(C(N)=O)sc1-2. The summed E-state index contributed by atoms with van der Waals surface area (Å²) < 4.78 is 6.33. The van der Waals surface area contributed by atoms with Crippen molar-refractivity contribution in [3.05, 3.63) is 38.7 Å². The van der Waals surface area contributed by atoms with Gasteiger partial charge in [-0.2, -0.15) is 0 Å². The van der Waals surface area contributed by atoms with E-state index in [2.05, 4.69) is 22.0 Å². The van der Waals surface area contributed by atoms with Crippen LogP contribution in [0.1, 0.15) is 20.8 Å². The van der Waals surface area contributed by atoms with Crippen LogP contribution in [0.4, 0.5) is 0 Å². The van der Waals surface area contributed by atoms with Gasteiger partial charge in [-0.1, -0.05) is 0 Å². The summed E-state index contributed by atoms with van der Waals surface area (Å²) in [5.41, 5.74) is 8.99. The number of benzene rings is 1. The predicted molar refractivity (Wildman–Crippen MR) is 79.9 cm³/mol. The van der Waals surface area contributed by atoms with Crippen LogP contribution in [-0.4, -0.2) is 13.0 Å². The molecule has 5 heteroatoms. The Bertz CT molecular complexity index is 678. The minimum atomic E-state index is -0.353. The van der Waals surface area contributed by atoms with Gasteiger partial charge >= 0.3 is 0 Å². The number of aryl methyl sites for hydroxylation is 1. The van der Waals surface area contributed by atoms with Gasteiger partial charge in [0.2, 0.25) is 0 Å². The largest absolute Gasteiger partial charge is 0.496 e. The summed E-state index contributed by atoms with van der Waals surface area (Å²) in [6, 6.07) is 5.92. The fourth-order valence-electron chi connectivity index (χ4n) is 2.44. The average molecular weight is 338 g/mol. The Morgan fingerprint density at radius 2 is 2.21 bits per heavy atom. The number of rotatable bonds is 2. The lowest BCUT2D eigenvalue weighted by molar-refractivity contribution is 0.100. The van der Waals surface area contributed by atoms with E-state index in [1.165, 1.54) is 28.0 Å². The van der Waals surface area contributed by atoms with E-state index in [-0.39, 0.29) is 5.91 Å². The molecule has 1 aliphatic carbocycles. The minimum absolute atomic E-state index is 0.353. The highest BCUT2D eigenvalue weighted by Gasteiger charge is 2.23. The second-order valence-electron chi connectivity index (χ2n) is 4.44. The first-order valence-electron chi connectivity index (χ1n) is 5.90. The summed E-state index contributed by atoms with van der Waals surface area (Å²) in [4.78, 5) is 13.1. The smallest absolute Gasteiger partial charge is 0.258 e. The molecule has 1 heterocycles. The number of hydrogen-bond donors (Lipinski definition) is 1. The van der Waals surface area contributed by atoms with E-state index < -0.39 is 0 Å². The first-order valence-corrected chi connectivity index (χ1v) is 7.51. The summed E-state index contributed by atoms with van der Waals surface area (Å²) in [7, 11) is 1.66. The first-order chi connectivity index (χ1) is 9.11. The van der Waals surface area contributed by atoms with E-state index in [9.17, 15) is 4.79 Å². The lowest BCUT2D eigenvalue weighted by Gasteiger charge is -2.19. The third kappa shape index (κ3) is 1.97. The number of carbonyl (C=O) groups excluding carboxylic acids is 1. The Hall–Kier alpha value is -1.33. The molecule has 0 atom stereocenters. The average Bonchev–Trinajstić information content (AvgIpc) is 2.83. The third-order valence-electron chi connectivity index (χ3n) is 3.37. The lowest BCUT2D eigenvalue weighted by atomic mass is 9.91. The molecular weight excluding hydrogens is 326 g/mol. The molecule has 0 fully saturated rings. The molecule has 1 amide bonds. The maximum atomic E-state index is 11.3. The number of nitrogens with two attached hydrogens (primary N) is 1. The molecule has 0 saturated carbocycles. The van der Waals surface area contributed by atoms with Gasteiger partial charge in [0, 0.05) is 4.88 Å². The molecule has 3 nitrogen and oxygen atoms in total. The van der Waals surface area contributed by atoms with E-state index in [0.717, 1.165) is 27.9 Å². The quantitative estimate of drug-likeness (QED) is 0.913. The first kappa shape index (κ1) is 12.7.